The van der Waals surface area contributed by atoms with Crippen LogP contribution in [0.15, 0.2) is 53.7 Å². The Labute approximate surface area is 181 Å². The van der Waals surface area contributed by atoms with Gasteiger partial charge in [0.25, 0.3) is 0 Å². The van der Waals surface area contributed by atoms with Crippen LogP contribution in [0.25, 0.3) is 5.69 Å². The normalized spacial score (nSPS) is 17.1. The first-order valence-corrected chi connectivity index (χ1v) is 11.5. The predicted molar refractivity (Wildman–Crippen MR) is 118 cm³/mol. The topological polar surface area (TPSA) is 73.1 Å². The maximum atomic E-state index is 10.5. The Kier molecular flexibility index (Phi) is 6.82. The minimum Gasteiger partial charge on any atom is -0.390 e. The molecule has 0 spiro atoms. The van der Waals surface area contributed by atoms with Gasteiger partial charge in [-0.1, -0.05) is 62.0 Å². The molecule has 158 valence electrons. The van der Waals surface area contributed by atoms with Crippen molar-refractivity contribution in [2.24, 2.45) is 0 Å². The summed E-state index contributed by atoms with van der Waals surface area (Å²) in [6, 6.07) is 16.7. The number of tetrazole rings is 1. The highest BCUT2D eigenvalue weighted by Gasteiger charge is 2.21. The van der Waals surface area contributed by atoms with Gasteiger partial charge >= 0.3 is 0 Å². The fraction of sp³-hybridized carbons (Fsp3) is 0.435. The maximum Gasteiger partial charge on any atom is 0.214 e. The fourth-order valence-electron chi connectivity index (χ4n) is 3.76. The number of benzene rings is 2. The van der Waals surface area contributed by atoms with Gasteiger partial charge in [-0.15, -0.1) is 5.10 Å². The monoisotopic (exact) mass is 424 g/mol. The highest BCUT2D eigenvalue weighted by Crippen LogP contribution is 2.32. The van der Waals surface area contributed by atoms with Crippen molar-refractivity contribution in [1.82, 2.24) is 20.2 Å². The van der Waals surface area contributed by atoms with Crippen molar-refractivity contribution in [2.75, 3.05) is 12.4 Å². The lowest BCUT2D eigenvalue weighted by Gasteiger charge is -2.26. The van der Waals surface area contributed by atoms with Gasteiger partial charge in [0, 0.05) is 5.75 Å². The molecule has 0 radical (unpaired) electrons. The summed E-state index contributed by atoms with van der Waals surface area (Å²) in [5.41, 5.74) is 4.81. The zero-order valence-electron chi connectivity index (χ0n) is 17.4. The summed E-state index contributed by atoms with van der Waals surface area (Å²) in [6.45, 7) is 4.64. The van der Waals surface area contributed by atoms with E-state index in [-0.39, 0.29) is 6.10 Å². The predicted octanol–water partition coefficient (Wildman–Crippen LogP) is 4.33. The lowest BCUT2D eigenvalue weighted by atomic mass is 9.89. The Bertz CT molecular complexity index is 958. The van der Waals surface area contributed by atoms with Gasteiger partial charge in [0.2, 0.25) is 5.16 Å². The van der Waals surface area contributed by atoms with Crippen LogP contribution >= 0.6 is 11.8 Å². The van der Waals surface area contributed by atoms with Crippen molar-refractivity contribution in [3.63, 3.8) is 0 Å². The molecular formula is C23H28N4O2S. The van der Waals surface area contributed by atoms with E-state index < -0.39 is 6.10 Å². The van der Waals surface area contributed by atoms with Gasteiger partial charge in [-0.2, -0.15) is 4.68 Å². The molecule has 1 aliphatic carbocycles. The summed E-state index contributed by atoms with van der Waals surface area (Å²) in [5.74, 6) is 0.951. The van der Waals surface area contributed by atoms with Gasteiger partial charge in [0.1, 0.15) is 0 Å². The third-order valence-electron chi connectivity index (χ3n) is 5.45. The summed E-state index contributed by atoms with van der Waals surface area (Å²) in [5, 5.41) is 23.2. The van der Waals surface area contributed by atoms with Crippen LogP contribution in [0.2, 0.25) is 0 Å². The van der Waals surface area contributed by atoms with Crippen LogP contribution in [0, 0.1) is 0 Å². The lowest BCUT2D eigenvalue weighted by Crippen LogP contribution is -2.22. The summed E-state index contributed by atoms with van der Waals surface area (Å²) < 4.78 is 7.78. The van der Waals surface area contributed by atoms with Crippen LogP contribution in [0.3, 0.4) is 0 Å². The van der Waals surface area contributed by atoms with Crippen molar-refractivity contribution < 1.29 is 9.84 Å². The summed E-state index contributed by atoms with van der Waals surface area (Å²) in [6.07, 6.45) is 2.71. The Morgan fingerprint density at radius 3 is 2.77 bits per heavy atom. The number of hydrogen-bond donors (Lipinski definition) is 1. The van der Waals surface area contributed by atoms with Crippen molar-refractivity contribution in [1.29, 1.82) is 0 Å². The average Bonchev–Trinajstić information content (AvgIpc) is 3.25. The molecule has 2 atom stereocenters. The molecular weight excluding hydrogens is 396 g/mol. The second-order valence-electron chi connectivity index (χ2n) is 8.00. The quantitative estimate of drug-likeness (QED) is 0.543. The molecule has 0 saturated heterocycles. The van der Waals surface area contributed by atoms with E-state index >= 15 is 0 Å². The highest BCUT2D eigenvalue weighted by atomic mass is 32.2. The van der Waals surface area contributed by atoms with E-state index in [1.807, 2.05) is 12.1 Å². The molecule has 3 aromatic rings. The minimum atomic E-state index is -0.586. The number of hydrogen-bond acceptors (Lipinski definition) is 6. The average molecular weight is 425 g/mol. The van der Waals surface area contributed by atoms with Crippen LogP contribution in [0.5, 0.6) is 0 Å². The second-order valence-corrected chi connectivity index (χ2v) is 8.98. The smallest absolute Gasteiger partial charge is 0.214 e. The number of aromatic nitrogens is 4. The van der Waals surface area contributed by atoms with Crippen LogP contribution in [0.1, 0.15) is 55.4 Å². The molecule has 0 bridgehead atoms. The van der Waals surface area contributed by atoms with Crippen LogP contribution < -0.4 is 0 Å². The number of fused-ring (bicyclic) bond motifs is 1. The number of aryl methyl sites for hydroxylation is 1. The number of thioether (sulfide) groups is 1. The first-order chi connectivity index (χ1) is 14.6. The molecule has 1 N–H and O–H groups in total. The van der Waals surface area contributed by atoms with Gasteiger partial charge in [-0.3, -0.25) is 0 Å². The first kappa shape index (κ1) is 21.0. The summed E-state index contributed by atoms with van der Waals surface area (Å²) in [7, 11) is 0. The largest absolute Gasteiger partial charge is 0.390 e. The number of ether oxygens (including phenoxy) is 1. The number of aliphatic hydroxyl groups is 1. The van der Waals surface area contributed by atoms with Crippen molar-refractivity contribution >= 4 is 11.8 Å². The van der Waals surface area contributed by atoms with Crippen molar-refractivity contribution in [2.45, 2.75) is 56.4 Å². The highest BCUT2D eigenvalue weighted by molar-refractivity contribution is 7.99. The van der Waals surface area contributed by atoms with E-state index in [0.717, 1.165) is 24.9 Å². The Hall–Kier alpha value is -2.22. The molecule has 0 unspecified atom stereocenters. The minimum absolute atomic E-state index is 0.0689. The van der Waals surface area contributed by atoms with E-state index in [4.69, 9.17) is 4.74 Å². The number of aliphatic hydroxyl groups excluding tert-OH is 1. The Morgan fingerprint density at radius 2 is 1.97 bits per heavy atom. The molecule has 0 saturated carbocycles. The van der Waals surface area contributed by atoms with Crippen molar-refractivity contribution in [3.05, 3.63) is 65.2 Å². The second kappa shape index (κ2) is 9.73. The lowest BCUT2D eigenvalue weighted by molar-refractivity contribution is -0.00960. The van der Waals surface area contributed by atoms with Gasteiger partial charge in [-0.05, 0) is 64.4 Å². The zero-order valence-corrected chi connectivity index (χ0v) is 18.3. The van der Waals surface area contributed by atoms with E-state index in [2.05, 4.69) is 65.8 Å². The summed E-state index contributed by atoms with van der Waals surface area (Å²) in [4.78, 5) is 0. The molecule has 6 nitrogen and oxygen atoms in total. The SMILES string of the molecule is CC(C)c1ccc(-n2nnnc2SC[C@@H](O)CO[C@H]2CCCc3ccccc32)cc1. The molecule has 2 aromatic carbocycles. The molecule has 1 aromatic heterocycles. The standard InChI is InChI=1S/C23H28N4O2S/c1-16(2)17-10-12-19(13-11-17)27-23(24-25-26-27)30-15-20(28)14-29-22-9-5-7-18-6-3-4-8-21(18)22/h3-4,6,8,10-13,16,20,22,28H,5,7,9,14-15H2,1-2H3/t20-,22-/m0/s1. The maximum absolute atomic E-state index is 10.5. The van der Waals surface area contributed by atoms with Crippen LogP contribution in [0.4, 0.5) is 0 Å². The van der Waals surface area contributed by atoms with E-state index in [1.165, 1.54) is 28.5 Å². The third-order valence-corrected chi connectivity index (χ3v) is 6.52. The van der Waals surface area contributed by atoms with Crippen LogP contribution in [-0.2, 0) is 11.2 Å². The molecule has 1 heterocycles. The Morgan fingerprint density at radius 1 is 1.17 bits per heavy atom. The van der Waals surface area contributed by atoms with Crippen molar-refractivity contribution in [3.8, 4) is 5.69 Å². The summed E-state index contributed by atoms with van der Waals surface area (Å²) >= 11 is 1.44. The fourth-order valence-corrected chi connectivity index (χ4v) is 4.56. The van der Waals surface area contributed by atoms with Gasteiger partial charge in [0.15, 0.2) is 0 Å². The third kappa shape index (κ3) is 4.91. The van der Waals surface area contributed by atoms with Gasteiger partial charge < -0.3 is 9.84 Å². The zero-order chi connectivity index (χ0) is 20.9. The van der Waals surface area contributed by atoms with Crippen LogP contribution in [-0.4, -0.2) is 43.8 Å². The van der Waals surface area contributed by atoms with Gasteiger partial charge in [-0.25, -0.2) is 0 Å². The molecule has 7 heteroatoms. The molecule has 0 aliphatic heterocycles. The molecule has 4 rings (SSSR count). The van der Waals surface area contributed by atoms with E-state index in [9.17, 15) is 5.11 Å². The number of nitrogens with zero attached hydrogens (tertiary/aromatic N) is 4. The molecule has 0 fully saturated rings. The number of rotatable bonds is 8. The molecule has 30 heavy (non-hydrogen) atoms. The Balaban J connectivity index is 1.32. The van der Waals surface area contributed by atoms with Gasteiger partial charge in [0.05, 0.1) is 24.5 Å². The molecule has 1 aliphatic rings. The molecule has 0 amide bonds. The van der Waals surface area contributed by atoms with E-state index in [1.54, 1.807) is 4.68 Å². The van der Waals surface area contributed by atoms with E-state index in [0.29, 0.717) is 23.4 Å². The first-order valence-electron chi connectivity index (χ1n) is 10.5.